The van der Waals surface area contributed by atoms with Gasteiger partial charge in [0.05, 0.1) is 12.1 Å². The minimum atomic E-state index is 0.134. The van der Waals surface area contributed by atoms with Gasteiger partial charge in [0.15, 0.2) is 10.8 Å². The number of aromatic nitrogens is 2. The molecular formula is C23H28N4O2S. The topological polar surface area (TPSA) is 62.5 Å². The zero-order chi connectivity index (χ0) is 20.9. The molecule has 3 aromatic rings. The molecular weight excluding hydrogens is 396 g/mol. The van der Waals surface area contributed by atoms with Gasteiger partial charge in [0, 0.05) is 56.4 Å². The number of hydrogen-bond acceptors (Lipinski definition) is 6. The first-order chi connectivity index (χ1) is 14.6. The van der Waals surface area contributed by atoms with Crippen LogP contribution >= 0.6 is 11.3 Å². The van der Waals surface area contributed by atoms with Crippen molar-refractivity contribution < 1.29 is 9.21 Å². The van der Waals surface area contributed by atoms with E-state index in [4.69, 9.17) is 4.42 Å². The molecule has 0 aromatic carbocycles. The number of aryl methyl sites for hydroxylation is 1. The SMILES string of the molecule is Cc1ccc(-c2nc(CC(=O)N(C)C3CCN(CCc4ccccn4)CC3)cs2)o1. The summed E-state index contributed by atoms with van der Waals surface area (Å²) in [6.45, 7) is 4.98. The fourth-order valence-corrected chi connectivity index (χ4v) is 4.66. The van der Waals surface area contributed by atoms with Crippen molar-refractivity contribution in [1.82, 2.24) is 19.8 Å². The van der Waals surface area contributed by atoms with Crippen molar-refractivity contribution in [2.45, 2.75) is 38.6 Å². The van der Waals surface area contributed by atoms with Gasteiger partial charge in [-0.25, -0.2) is 4.98 Å². The number of nitrogens with zero attached hydrogens (tertiary/aromatic N) is 4. The van der Waals surface area contributed by atoms with Crippen molar-refractivity contribution in [3.05, 3.63) is 59.1 Å². The highest BCUT2D eigenvalue weighted by Gasteiger charge is 2.25. The molecule has 1 saturated heterocycles. The molecule has 30 heavy (non-hydrogen) atoms. The summed E-state index contributed by atoms with van der Waals surface area (Å²) in [6.07, 6.45) is 5.19. The number of hydrogen-bond donors (Lipinski definition) is 0. The van der Waals surface area contributed by atoms with Gasteiger partial charge in [-0.2, -0.15) is 0 Å². The van der Waals surface area contributed by atoms with Crippen LogP contribution in [0.4, 0.5) is 0 Å². The van der Waals surface area contributed by atoms with Gasteiger partial charge in [0.25, 0.3) is 0 Å². The summed E-state index contributed by atoms with van der Waals surface area (Å²) < 4.78 is 5.63. The maximum atomic E-state index is 12.8. The average Bonchev–Trinajstić information content (AvgIpc) is 3.41. The van der Waals surface area contributed by atoms with Gasteiger partial charge in [-0.15, -0.1) is 11.3 Å². The van der Waals surface area contributed by atoms with Crippen molar-refractivity contribution in [3.63, 3.8) is 0 Å². The minimum Gasteiger partial charge on any atom is -0.459 e. The van der Waals surface area contributed by atoms with E-state index in [0.29, 0.717) is 12.5 Å². The highest BCUT2D eigenvalue weighted by atomic mass is 32.1. The first kappa shape index (κ1) is 20.8. The number of thiazole rings is 1. The van der Waals surface area contributed by atoms with E-state index in [1.54, 1.807) is 0 Å². The van der Waals surface area contributed by atoms with Gasteiger partial charge in [-0.1, -0.05) is 6.07 Å². The molecule has 158 valence electrons. The van der Waals surface area contributed by atoms with Crippen LogP contribution in [0.5, 0.6) is 0 Å². The van der Waals surface area contributed by atoms with Crippen molar-refractivity contribution in [1.29, 1.82) is 0 Å². The van der Waals surface area contributed by atoms with Gasteiger partial charge in [0.1, 0.15) is 5.76 Å². The molecule has 0 spiro atoms. The lowest BCUT2D eigenvalue weighted by molar-refractivity contribution is -0.132. The third kappa shape index (κ3) is 5.15. The molecule has 7 heteroatoms. The van der Waals surface area contributed by atoms with Gasteiger partial charge in [0.2, 0.25) is 5.91 Å². The van der Waals surface area contributed by atoms with E-state index in [1.165, 1.54) is 11.3 Å². The smallest absolute Gasteiger partial charge is 0.228 e. The Hall–Kier alpha value is -2.51. The van der Waals surface area contributed by atoms with Gasteiger partial charge >= 0.3 is 0 Å². The Labute approximate surface area is 181 Å². The van der Waals surface area contributed by atoms with Crippen LogP contribution in [0.1, 0.15) is 30.0 Å². The molecule has 0 saturated carbocycles. The van der Waals surface area contributed by atoms with Crippen LogP contribution in [-0.4, -0.2) is 58.4 Å². The molecule has 1 aliphatic heterocycles. The fraction of sp³-hybridized carbons (Fsp3) is 0.435. The largest absolute Gasteiger partial charge is 0.459 e. The lowest BCUT2D eigenvalue weighted by Crippen LogP contribution is -2.46. The lowest BCUT2D eigenvalue weighted by Gasteiger charge is -2.36. The van der Waals surface area contributed by atoms with Gasteiger partial charge in [-0.3, -0.25) is 9.78 Å². The van der Waals surface area contributed by atoms with Gasteiger partial charge in [-0.05, 0) is 44.0 Å². The van der Waals surface area contributed by atoms with Gasteiger partial charge < -0.3 is 14.2 Å². The number of furan rings is 1. The van der Waals surface area contributed by atoms with E-state index in [9.17, 15) is 4.79 Å². The Morgan fingerprint density at radius 1 is 1.23 bits per heavy atom. The summed E-state index contributed by atoms with van der Waals surface area (Å²) in [6, 6.07) is 10.2. The Morgan fingerprint density at radius 2 is 2.07 bits per heavy atom. The molecule has 1 amide bonds. The summed E-state index contributed by atoms with van der Waals surface area (Å²) in [4.78, 5) is 26.2. The average molecular weight is 425 g/mol. The fourth-order valence-electron chi connectivity index (χ4n) is 3.88. The van der Waals surface area contributed by atoms with Crippen LogP contribution in [0.15, 0.2) is 46.3 Å². The number of piperidine rings is 1. The lowest BCUT2D eigenvalue weighted by atomic mass is 10.0. The summed E-state index contributed by atoms with van der Waals surface area (Å²) >= 11 is 1.52. The predicted molar refractivity (Wildman–Crippen MR) is 118 cm³/mol. The first-order valence-corrected chi connectivity index (χ1v) is 11.4. The molecule has 0 atom stereocenters. The van der Waals surface area contributed by atoms with Crippen LogP contribution in [-0.2, 0) is 17.6 Å². The molecule has 0 N–H and O–H groups in total. The van der Waals surface area contributed by atoms with E-state index < -0.39 is 0 Å². The van der Waals surface area contributed by atoms with Crippen molar-refractivity contribution >= 4 is 17.2 Å². The third-order valence-corrected chi connectivity index (χ3v) is 6.65. The quantitative estimate of drug-likeness (QED) is 0.577. The van der Waals surface area contributed by atoms with Crippen molar-refractivity contribution in [2.24, 2.45) is 0 Å². The minimum absolute atomic E-state index is 0.134. The zero-order valence-electron chi connectivity index (χ0n) is 17.6. The molecule has 0 bridgehead atoms. The van der Waals surface area contributed by atoms with Crippen LogP contribution in [0, 0.1) is 6.92 Å². The Balaban J connectivity index is 1.24. The molecule has 0 unspecified atom stereocenters. The third-order valence-electron chi connectivity index (χ3n) is 5.74. The van der Waals surface area contributed by atoms with Crippen molar-refractivity contribution in [2.75, 3.05) is 26.7 Å². The van der Waals surface area contributed by atoms with Crippen LogP contribution < -0.4 is 0 Å². The number of carbonyl (C=O) groups excluding carboxylic acids is 1. The normalized spacial score (nSPS) is 15.4. The molecule has 1 fully saturated rings. The Kier molecular flexibility index (Phi) is 6.59. The molecule has 0 aliphatic carbocycles. The summed E-state index contributed by atoms with van der Waals surface area (Å²) in [7, 11) is 1.93. The molecule has 3 aromatic heterocycles. The van der Waals surface area contributed by atoms with Crippen LogP contribution in [0.25, 0.3) is 10.8 Å². The number of likely N-dealkylation sites (N-methyl/N-ethyl adjacent to an activating group) is 1. The number of rotatable bonds is 7. The van der Waals surface area contributed by atoms with Crippen LogP contribution in [0.3, 0.4) is 0 Å². The van der Waals surface area contributed by atoms with E-state index in [1.807, 2.05) is 54.7 Å². The Bertz CT molecular complexity index is 961. The molecule has 4 rings (SSSR count). The van der Waals surface area contributed by atoms with Crippen LogP contribution in [0.2, 0.25) is 0 Å². The number of likely N-dealkylation sites (tertiary alicyclic amines) is 1. The molecule has 6 nitrogen and oxygen atoms in total. The highest BCUT2D eigenvalue weighted by molar-refractivity contribution is 7.13. The second-order valence-electron chi connectivity index (χ2n) is 7.88. The van der Waals surface area contributed by atoms with E-state index in [0.717, 1.165) is 66.8 Å². The number of carbonyl (C=O) groups is 1. The highest BCUT2D eigenvalue weighted by Crippen LogP contribution is 2.26. The van der Waals surface area contributed by atoms with Crippen molar-refractivity contribution in [3.8, 4) is 10.8 Å². The summed E-state index contributed by atoms with van der Waals surface area (Å²) in [5.74, 6) is 1.76. The van der Waals surface area contributed by atoms with E-state index in [-0.39, 0.29) is 5.91 Å². The molecule has 4 heterocycles. The van der Waals surface area contributed by atoms with E-state index in [2.05, 4.69) is 20.9 Å². The molecule has 0 radical (unpaired) electrons. The maximum Gasteiger partial charge on any atom is 0.228 e. The zero-order valence-corrected chi connectivity index (χ0v) is 18.4. The standard InChI is InChI=1S/C23H28N4O2S/c1-17-6-7-21(29-17)23-25-19(16-30-23)15-22(28)26(2)20-9-13-27(14-10-20)12-8-18-5-3-4-11-24-18/h3-7,11,16,20H,8-10,12-15H2,1-2H3. The predicted octanol–water partition coefficient (Wildman–Crippen LogP) is 3.81. The van der Waals surface area contributed by atoms with E-state index >= 15 is 0 Å². The second kappa shape index (κ2) is 9.53. The monoisotopic (exact) mass is 424 g/mol. The number of pyridine rings is 1. The number of amides is 1. The Morgan fingerprint density at radius 3 is 2.77 bits per heavy atom. The summed E-state index contributed by atoms with van der Waals surface area (Å²) in [5.41, 5.74) is 1.95. The molecule has 1 aliphatic rings. The maximum absolute atomic E-state index is 12.8. The first-order valence-electron chi connectivity index (χ1n) is 10.5. The summed E-state index contributed by atoms with van der Waals surface area (Å²) in [5, 5.41) is 2.79. The second-order valence-corrected chi connectivity index (χ2v) is 8.74.